The van der Waals surface area contributed by atoms with E-state index < -0.39 is 23.7 Å². The number of hydrogen-bond donors (Lipinski definition) is 1. The van der Waals surface area contributed by atoms with Crippen molar-refractivity contribution in [3.63, 3.8) is 0 Å². The minimum atomic E-state index is -1.01. The summed E-state index contributed by atoms with van der Waals surface area (Å²) in [6.45, 7) is 7.37. The van der Waals surface area contributed by atoms with Gasteiger partial charge in [-0.2, -0.15) is 0 Å². The summed E-state index contributed by atoms with van der Waals surface area (Å²) in [5.74, 6) is -1.51. The van der Waals surface area contributed by atoms with Crippen LogP contribution in [0.3, 0.4) is 0 Å². The van der Waals surface area contributed by atoms with Crippen LogP contribution < -0.4 is 14.4 Å². The average Bonchev–Trinajstić information content (AvgIpc) is 3.43. The average molecular weight is 535 g/mol. The van der Waals surface area contributed by atoms with Crippen LogP contribution in [0.5, 0.6) is 11.5 Å². The third-order valence-electron chi connectivity index (χ3n) is 6.04. The first kappa shape index (κ1) is 26.6. The van der Waals surface area contributed by atoms with Crippen LogP contribution in [0.15, 0.2) is 60.7 Å². The van der Waals surface area contributed by atoms with Gasteiger partial charge in [-0.3, -0.25) is 14.5 Å². The van der Waals surface area contributed by atoms with Crippen molar-refractivity contribution in [2.45, 2.75) is 19.9 Å². The van der Waals surface area contributed by atoms with E-state index in [0.29, 0.717) is 34.9 Å². The molecule has 0 unspecified atom stereocenters. The Labute approximate surface area is 223 Å². The van der Waals surface area contributed by atoms with Gasteiger partial charge in [0, 0.05) is 5.56 Å². The molecule has 2 aromatic carbocycles. The second-order valence-corrected chi connectivity index (χ2v) is 9.40. The van der Waals surface area contributed by atoms with E-state index in [9.17, 15) is 19.5 Å². The highest BCUT2D eigenvalue weighted by Gasteiger charge is 2.48. The predicted octanol–water partition coefficient (Wildman–Crippen LogP) is 4.75. The number of aryl methyl sites for hydroxylation is 2. The van der Waals surface area contributed by atoms with Crippen LogP contribution in [0.1, 0.15) is 38.1 Å². The molecule has 1 amide bonds. The van der Waals surface area contributed by atoms with Gasteiger partial charge in [0.1, 0.15) is 28.7 Å². The molecule has 196 valence electrons. The third-order valence-corrected chi connectivity index (χ3v) is 7.18. The number of anilines is 1. The number of benzene rings is 2. The number of carbonyl (C=O) groups excluding carboxylic acids is 3. The molecule has 10 heteroatoms. The maximum absolute atomic E-state index is 13.4. The van der Waals surface area contributed by atoms with Crippen molar-refractivity contribution in [1.82, 2.24) is 4.98 Å². The van der Waals surface area contributed by atoms with Gasteiger partial charge in [0.15, 0.2) is 5.13 Å². The fourth-order valence-electron chi connectivity index (χ4n) is 4.16. The monoisotopic (exact) mass is 534 g/mol. The number of hydrogen-bond acceptors (Lipinski definition) is 9. The van der Waals surface area contributed by atoms with Gasteiger partial charge in [-0.15, -0.1) is 0 Å². The lowest BCUT2D eigenvalue weighted by atomic mass is 9.95. The Balaban J connectivity index is 1.89. The molecule has 1 atom stereocenters. The summed E-state index contributed by atoms with van der Waals surface area (Å²) in [5.41, 5.74) is 1.87. The number of rotatable bonds is 8. The molecule has 0 radical (unpaired) electrons. The molecule has 1 aliphatic rings. The quantitative estimate of drug-likeness (QED) is 0.145. The Morgan fingerprint density at radius 3 is 2.47 bits per heavy atom. The predicted molar refractivity (Wildman–Crippen MR) is 143 cm³/mol. The molecule has 1 N–H and O–H groups in total. The number of Topliss-reactive ketones (excluding diaryl/α,β-unsaturated/α-hetero) is 1. The second kappa shape index (κ2) is 10.9. The third kappa shape index (κ3) is 4.78. The summed E-state index contributed by atoms with van der Waals surface area (Å²) in [7, 11) is 2.78. The number of ketones is 1. The van der Waals surface area contributed by atoms with Gasteiger partial charge >= 0.3 is 11.9 Å². The molecule has 9 nitrogen and oxygen atoms in total. The largest absolute Gasteiger partial charge is 0.507 e. The van der Waals surface area contributed by atoms with Gasteiger partial charge in [-0.05, 0) is 55.3 Å². The van der Waals surface area contributed by atoms with Crippen molar-refractivity contribution >= 4 is 39.9 Å². The molecule has 1 aromatic heterocycles. The first-order chi connectivity index (χ1) is 18.2. The minimum Gasteiger partial charge on any atom is -0.507 e. The van der Waals surface area contributed by atoms with Crippen molar-refractivity contribution in [1.29, 1.82) is 0 Å². The maximum atomic E-state index is 13.4. The van der Waals surface area contributed by atoms with Crippen molar-refractivity contribution in [3.05, 3.63) is 88.0 Å². The van der Waals surface area contributed by atoms with Crippen LogP contribution in [-0.2, 0) is 14.3 Å². The highest BCUT2D eigenvalue weighted by atomic mass is 32.1. The normalized spacial score (nSPS) is 16.4. The van der Waals surface area contributed by atoms with E-state index >= 15 is 0 Å². The number of aliphatic hydroxyl groups excluding tert-OH is 1. The van der Waals surface area contributed by atoms with Crippen LogP contribution in [0.25, 0.3) is 5.76 Å². The van der Waals surface area contributed by atoms with Crippen LogP contribution in [0, 0.1) is 13.8 Å². The first-order valence-electron chi connectivity index (χ1n) is 11.6. The lowest BCUT2D eigenvalue weighted by molar-refractivity contribution is -0.132. The Bertz CT molecular complexity index is 1460. The minimum absolute atomic E-state index is 0.105. The molecule has 1 fully saturated rings. The van der Waals surface area contributed by atoms with Gasteiger partial charge in [-0.1, -0.05) is 36.1 Å². The summed E-state index contributed by atoms with van der Waals surface area (Å²) in [6.07, 6.45) is 1.62. The zero-order valence-electron chi connectivity index (χ0n) is 21.3. The van der Waals surface area contributed by atoms with Crippen LogP contribution in [0.2, 0.25) is 0 Å². The maximum Gasteiger partial charge on any atom is 0.350 e. The highest BCUT2D eigenvalue weighted by Crippen LogP contribution is 2.44. The van der Waals surface area contributed by atoms with E-state index in [1.54, 1.807) is 62.4 Å². The number of ether oxygens (including phenoxy) is 3. The molecule has 0 bridgehead atoms. The topological polar surface area (TPSA) is 115 Å². The number of carbonyl (C=O) groups is 3. The number of amides is 1. The lowest BCUT2D eigenvalue weighted by Gasteiger charge is -2.23. The summed E-state index contributed by atoms with van der Waals surface area (Å²) < 4.78 is 15.7. The first-order valence-corrected chi connectivity index (χ1v) is 12.4. The summed E-state index contributed by atoms with van der Waals surface area (Å²) in [5, 5.41) is 11.5. The van der Waals surface area contributed by atoms with Crippen molar-refractivity contribution in [3.8, 4) is 11.5 Å². The second-order valence-electron chi connectivity index (χ2n) is 8.42. The fourth-order valence-corrected chi connectivity index (χ4v) is 5.17. The van der Waals surface area contributed by atoms with Crippen LogP contribution in [0.4, 0.5) is 5.13 Å². The molecule has 1 aliphatic heterocycles. The summed E-state index contributed by atoms with van der Waals surface area (Å²) in [4.78, 5) is 44.8. The molecule has 0 spiro atoms. The van der Waals surface area contributed by atoms with Crippen molar-refractivity contribution in [2.75, 3.05) is 25.7 Å². The molecule has 0 aliphatic carbocycles. The standard InChI is InChI=1S/C28H26N2O7S/c1-6-13-37-20-12-9-18(14-15(20)2)23(31)21-22(17-7-10-19(35-4)11-8-17)30(26(33)24(21)32)28-29-16(3)25(38-28)27(34)36-5/h6-12,14,22,31H,1,13H2,2-5H3/t22-/m0/s1. The molecular formula is C28H26N2O7S. The van der Waals surface area contributed by atoms with E-state index in [-0.39, 0.29) is 21.3 Å². The van der Waals surface area contributed by atoms with Gasteiger partial charge in [0.25, 0.3) is 5.78 Å². The van der Waals surface area contributed by atoms with Gasteiger partial charge < -0.3 is 19.3 Å². The number of esters is 1. The smallest absolute Gasteiger partial charge is 0.350 e. The Morgan fingerprint density at radius 1 is 1.16 bits per heavy atom. The zero-order chi connectivity index (χ0) is 27.6. The highest BCUT2D eigenvalue weighted by molar-refractivity contribution is 7.17. The fraction of sp³-hybridized carbons (Fsp3) is 0.214. The molecule has 3 aromatic rings. The molecule has 2 heterocycles. The van der Waals surface area contributed by atoms with Crippen molar-refractivity contribution in [2.24, 2.45) is 0 Å². The molecule has 1 saturated heterocycles. The van der Waals surface area contributed by atoms with E-state index in [1.807, 2.05) is 0 Å². The summed E-state index contributed by atoms with van der Waals surface area (Å²) in [6, 6.07) is 10.8. The molecule has 4 rings (SSSR count). The number of aromatic nitrogens is 1. The molecule has 38 heavy (non-hydrogen) atoms. The SMILES string of the molecule is C=CCOc1ccc(C(O)=C2C(=O)C(=O)N(c3nc(C)c(C(=O)OC)s3)[C@H]2c2ccc(OC)cc2)cc1C. The molecular weight excluding hydrogens is 508 g/mol. The molecule has 0 saturated carbocycles. The Hall–Kier alpha value is -4.44. The van der Waals surface area contributed by atoms with E-state index in [0.717, 1.165) is 16.9 Å². The Morgan fingerprint density at radius 2 is 1.87 bits per heavy atom. The van der Waals surface area contributed by atoms with Gasteiger partial charge in [0.2, 0.25) is 0 Å². The number of nitrogens with zero attached hydrogens (tertiary/aromatic N) is 2. The summed E-state index contributed by atoms with van der Waals surface area (Å²) >= 11 is 0.937. The van der Waals surface area contributed by atoms with Crippen LogP contribution in [-0.4, -0.2) is 48.6 Å². The van der Waals surface area contributed by atoms with E-state index in [4.69, 9.17) is 14.2 Å². The number of thiazole rings is 1. The van der Waals surface area contributed by atoms with Crippen molar-refractivity contribution < 1.29 is 33.7 Å². The zero-order valence-corrected chi connectivity index (χ0v) is 22.1. The van der Waals surface area contributed by atoms with E-state index in [1.165, 1.54) is 19.1 Å². The van der Waals surface area contributed by atoms with E-state index in [2.05, 4.69) is 11.6 Å². The van der Waals surface area contributed by atoms with Crippen LogP contribution >= 0.6 is 11.3 Å². The lowest BCUT2D eigenvalue weighted by Crippen LogP contribution is -2.29. The van der Waals surface area contributed by atoms with Gasteiger partial charge in [-0.25, -0.2) is 9.78 Å². The Kier molecular flexibility index (Phi) is 7.63. The number of aliphatic hydroxyl groups is 1. The van der Waals surface area contributed by atoms with Gasteiger partial charge in [0.05, 0.1) is 31.5 Å². The number of methoxy groups -OCH3 is 2.